The van der Waals surface area contributed by atoms with E-state index in [0.29, 0.717) is 29.9 Å². The van der Waals surface area contributed by atoms with Gasteiger partial charge >= 0.3 is 5.76 Å². The summed E-state index contributed by atoms with van der Waals surface area (Å²) in [6.07, 6.45) is 0. The van der Waals surface area contributed by atoms with Crippen molar-refractivity contribution in [2.75, 3.05) is 26.0 Å². The minimum absolute atomic E-state index is 0.135. The van der Waals surface area contributed by atoms with Crippen LogP contribution in [0.1, 0.15) is 0 Å². The molecule has 0 spiro atoms. The molecule has 0 radical (unpaired) electrons. The summed E-state index contributed by atoms with van der Waals surface area (Å²) in [6, 6.07) is 4.96. The predicted molar refractivity (Wildman–Crippen MR) is 69.8 cm³/mol. The maximum absolute atomic E-state index is 11.7. The second-order valence-corrected chi connectivity index (χ2v) is 3.99. The summed E-state index contributed by atoms with van der Waals surface area (Å²) in [5.74, 6) is -0.903. The summed E-state index contributed by atoms with van der Waals surface area (Å²) in [7, 11) is 1.54. The Bertz CT molecular complexity index is 644. The Hall–Kier alpha value is -2.28. The van der Waals surface area contributed by atoms with Gasteiger partial charge in [0.15, 0.2) is 5.58 Å². The molecule has 0 atom stereocenters. The fourth-order valence-corrected chi connectivity index (χ4v) is 1.79. The third-order valence-corrected chi connectivity index (χ3v) is 2.65. The molecule has 102 valence electrons. The summed E-state index contributed by atoms with van der Waals surface area (Å²) in [5.41, 5.74) is 7.00. The number of fused-ring (bicyclic) bond motifs is 1. The molecule has 1 aromatic carbocycles. The number of amides is 1. The van der Waals surface area contributed by atoms with Crippen LogP contribution in [-0.4, -0.2) is 30.7 Å². The number of benzene rings is 1. The van der Waals surface area contributed by atoms with E-state index in [1.807, 2.05) is 0 Å². The zero-order valence-corrected chi connectivity index (χ0v) is 10.5. The highest BCUT2D eigenvalue weighted by atomic mass is 16.5. The minimum atomic E-state index is -0.602. The summed E-state index contributed by atoms with van der Waals surface area (Å²) < 4.78 is 11.1. The molecule has 0 saturated carbocycles. The quantitative estimate of drug-likeness (QED) is 0.582. The number of hydrogen-bond donors (Lipinski definition) is 2. The van der Waals surface area contributed by atoms with E-state index in [4.69, 9.17) is 14.9 Å². The molecule has 7 nitrogen and oxygen atoms in total. The molecule has 1 aromatic heterocycles. The first-order chi connectivity index (χ1) is 9.13. The Balaban J connectivity index is 2.23. The third-order valence-electron chi connectivity index (χ3n) is 2.65. The monoisotopic (exact) mass is 265 g/mol. The number of para-hydroxylation sites is 1. The Morgan fingerprint density at radius 3 is 3.05 bits per heavy atom. The van der Waals surface area contributed by atoms with E-state index in [2.05, 4.69) is 5.32 Å². The van der Waals surface area contributed by atoms with Crippen LogP contribution in [0, 0.1) is 0 Å². The second-order valence-electron chi connectivity index (χ2n) is 3.99. The van der Waals surface area contributed by atoms with Gasteiger partial charge in [0.1, 0.15) is 12.1 Å². The van der Waals surface area contributed by atoms with Gasteiger partial charge in [-0.3, -0.25) is 9.36 Å². The van der Waals surface area contributed by atoms with Gasteiger partial charge in [0.25, 0.3) is 0 Å². The average molecular weight is 265 g/mol. The van der Waals surface area contributed by atoms with Gasteiger partial charge in [-0.2, -0.15) is 0 Å². The standard InChI is InChI=1S/C12H15N3O4/c1-18-6-5-14-10(16)7-15-11-8(13)3-2-4-9(11)19-12(15)17/h2-4H,5-7,13H2,1H3,(H,14,16). The van der Waals surface area contributed by atoms with Crippen LogP contribution < -0.4 is 16.8 Å². The minimum Gasteiger partial charge on any atom is -0.408 e. The topological polar surface area (TPSA) is 99.5 Å². The Kier molecular flexibility index (Phi) is 3.86. The number of nitrogens with one attached hydrogen (secondary N) is 1. The number of ether oxygens (including phenoxy) is 1. The molecule has 0 bridgehead atoms. The smallest absolute Gasteiger partial charge is 0.408 e. The molecular weight excluding hydrogens is 250 g/mol. The summed E-state index contributed by atoms with van der Waals surface area (Å²) in [6.45, 7) is 0.661. The largest absolute Gasteiger partial charge is 0.420 e. The highest BCUT2D eigenvalue weighted by Crippen LogP contribution is 2.19. The number of hydrogen-bond acceptors (Lipinski definition) is 5. The number of nitrogens with two attached hydrogens (primary N) is 1. The number of oxazole rings is 1. The first kappa shape index (κ1) is 13.2. The molecule has 2 rings (SSSR count). The number of aromatic nitrogens is 1. The first-order valence-electron chi connectivity index (χ1n) is 5.77. The van der Waals surface area contributed by atoms with E-state index in [-0.39, 0.29) is 12.5 Å². The maximum atomic E-state index is 11.7. The lowest BCUT2D eigenvalue weighted by atomic mass is 10.3. The van der Waals surface area contributed by atoms with Crippen molar-refractivity contribution in [1.29, 1.82) is 0 Å². The Morgan fingerprint density at radius 1 is 1.53 bits per heavy atom. The van der Waals surface area contributed by atoms with E-state index in [0.717, 1.165) is 0 Å². The fraction of sp³-hybridized carbons (Fsp3) is 0.333. The first-order valence-corrected chi connectivity index (χ1v) is 5.77. The predicted octanol–water partition coefficient (Wildman–Crippen LogP) is -0.0607. The van der Waals surface area contributed by atoms with E-state index in [1.54, 1.807) is 25.3 Å². The number of nitrogen functional groups attached to an aromatic ring is 1. The van der Waals surface area contributed by atoms with Crippen molar-refractivity contribution in [3.05, 3.63) is 28.7 Å². The molecule has 0 aliphatic carbocycles. The second kappa shape index (κ2) is 5.57. The SMILES string of the molecule is COCCNC(=O)Cn1c(=O)oc2cccc(N)c21. The zero-order valence-electron chi connectivity index (χ0n) is 10.5. The molecule has 0 saturated heterocycles. The van der Waals surface area contributed by atoms with Gasteiger partial charge in [0.05, 0.1) is 12.3 Å². The van der Waals surface area contributed by atoms with Gasteiger partial charge in [-0.05, 0) is 12.1 Å². The highest BCUT2D eigenvalue weighted by molar-refractivity contribution is 5.87. The zero-order chi connectivity index (χ0) is 13.8. The lowest BCUT2D eigenvalue weighted by Crippen LogP contribution is -2.32. The van der Waals surface area contributed by atoms with Gasteiger partial charge in [-0.1, -0.05) is 6.07 Å². The van der Waals surface area contributed by atoms with Crippen molar-refractivity contribution < 1.29 is 13.9 Å². The van der Waals surface area contributed by atoms with Crippen LogP contribution in [0.4, 0.5) is 5.69 Å². The normalized spacial score (nSPS) is 10.8. The van der Waals surface area contributed by atoms with Crippen molar-refractivity contribution in [2.24, 2.45) is 0 Å². The van der Waals surface area contributed by atoms with Crippen molar-refractivity contribution in [1.82, 2.24) is 9.88 Å². The van der Waals surface area contributed by atoms with Crippen molar-refractivity contribution in [3.63, 3.8) is 0 Å². The molecule has 0 unspecified atom stereocenters. The van der Waals surface area contributed by atoms with Gasteiger partial charge in [-0.15, -0.1) is 0 Å². The number of carbonyl (C=O) groups is 1. The van der Waals surface area contributed by atoms with Gasteiger partial charge in [-0.25, -0.2) is 4.79 Å². The molecule has 0 aliphatic rings. The lowest BCUT2D eigenvalue weighted by molar-refractivity contribution is -0.121. The number of methoxy groups -OCH3 is 1. The van der Waals surface area contributed by atoms with Crippen LogP contribution in [0.15, 0.2) is 27.4 Å². The fourth-order valence-electron chi connectivity index (χ4n) is 1.79. The molecule has 0 fully saturated rings. The molecule has 1 heterocycles. The number of rotatable bonds is 5. The van der Waals surface area contributed by atoms with E-state index in [1.165, 1.54) is 4.57 Å². The van der Waals surface area contributed by atoms with Gasteiger partial charge < -0.3 is 20.2 Å². The number of nitrogens with zero attached hydrogens (tertiary/aromatic N) is 1. The Morgan fingerprint density at radius 2 is 2.32 bits per heavy atom. The number of carbonyl (C=O) groups excluding carboxylic acids is 1. The van der Waals surface area contributed by atoms with Crippen LogP contribution in [0.3, 0.4) is 0 Å². The molecule has 3 N–H and O–H groups in total. The van der Waals surface area contributed by atoms with Gasteiger partial charge in [0, 0.05) is 13.7 Å². The summed E-state index contributed by atoms with van der Waals surface area (Å²) in [5, 5.41) is 2.63. The lowest BCUT2D eigenvalue weighted by Gasteiger charge is -2.05. The van der Waals surface area contributed by atoms with Crippen molar-refractivity contribution >= 4 is 22.7 Å². The third kappa shape index (κ3) is 2.76. The maximum Gasteiger partial charge on any atom is 0.420 e. The average Bonchev–Trinajstić information content (AvgIpc) is 2.67. The molecular formula is C12H15N3O4. The molecule has 7 heteroatoms. The van der Waals surface area contributed by atoms with Crippen LogP contribution in [0.2, 0.25) is 0 Å². The van der Waals surface area contributed by atoms with Crippen LogP contribution in [-0.2, 0) is 16.1 Å². The number of anilines is 1. The van der Waals surface area contributed by atoms with Crippen molar-refractivity contribution in [2.45, 2.75) is 6.54 Å². The van der Waals surface area contributed by atoms with Gasteiger partial charge in [0.2, 0.25) is 5.91 Å². The molecule has 0 aliphatic heterocycles. The Labute approximate surface area is 108 Å². The van der Waals surface area contributed by atoms with Crippen LogP contribution in [0.25, 0.3) is 11.1 Å². The van der Waals surface area contributed by atoms with E-state index in [9.17, 15) is 9.59 Å². The van der Waals surface area contributed by atoms with E-state index < -0.39 is 5.76 Å². The van der Waals surface area contributed by atoms with Crippen LogP contribution >= 0.6 is 0 Å². The highest BCUT2D eigenvalue weighted by Gasteiger charge is 2.14. The van der Waals surface area contributed by atoms with E-state index >= 15 is 0 Å². The van der Waals surface area contributed by atoms with Crippen LogP contribution in [0.5, 0.6) is 0 Å². The summed E-state index contributed by atoms with van der Waals surface area (Å²) >= 11 is 0. The van der Waals surface area contributed by atoms with Crippen molar-refractivity contribution in [3.8, 4) is 0 Å². The summed E-state index contributed by atoms with van der Waals surface area (Å²) in [4.78, 5) is 23.4. The molecule has 1 amide bonds. The molecule has 19 heavy (non-hydrogen) atoms. The molecule has 2 aromatic rings.